The van der Waals surface area contributed by atoms with Gasteiger partial charge in [0, 0.05) is 11.4 Å². The normalized spacial score (nSPS) is 10.2. The Morgan fingerprint density at radius 1 is 1.42 bits per heavy atom. The molecule has 0 aliphatic rings. The minimum atomic E-state index is 0.757. The molecule has 0 saturated carbocycles. The minimum Gasteiger partial charge on any atom is -0.305 e. The van der Waals surface area contributed by atoms with Crippen molar-refractivity contribution < 1.29 is 4.84 Å². The van der Waals surface area contributed by atoms with E-state index >= 15 is 0 Å². The van der Waals surface area contributed by atoms with Crippen molar-refractivity contribution in [1.82, 2.24) is 5.48 Å². The van der Waals surface area contributed by atoms with Crippen molar-refractivity contribution in [3.63, 3.8) is 0 Å². The predicted molar refractivity (Wildman–Crippen MR) is 52.1 cm³/mol. The maximum Gasteiger partial charge on any atom is 0.0572 e. The predicted octanol–water partition coefficient (Wildman–Crippen LogP) is 2.06. The lowest BCUT2D eigenvalue weighted by atomic mass is 10.2. The summed E-state index contributed by atoms with van der Waals surface area (Å²) in [5, 5.41) is 0. The molecule has 1 aromatic carbocycles. The SMILES string of the molecule is CONCc1ccccc1SC. The third-order valence-electron chi connectivity index (χ3n) is 1.60. The average molecular weight is 183 g/mol. The van der Waals surface area contributed by atoms with Gasteiger partial charge in [0.15, 0.2) is 0 Å². The van der Waals surface area contributed by atoms with Crippen LogP contribution in [0.1, 0.15) is 5.56 Å². The Labute approximate surface area is 77.3 Å². The number of hydrogen-bond acceptors (Lipinski definition) is 3. The summed E-state index contributed by atoms with van der Waals surface area (Å²) in [5.41, 5.74) is 4.10. The summed E-state index contributed by atoms with van der Waals surface area (Å²) in [5.74, 6) is 0. The molecule has 12 heavy (non-hydrogen) atoms. The fraction of sp³-hybridized carbons (Fsp3) is 0.333. The molecule has 0 amide bonds. The molecule has 0 aliphatic heterocycles. The quantitative estimate of drug-likeness (QED) is 0.570. The van der Waals surface area contributed by atoms with Crippen LogP contribution in [-0.2, 0) is 11.4 Å². The van der Waals surface area contributed by atoms with E-state index in [4.69, 9.17) is 4.84 Å². The molecule has 2 nitrogen and oxygen atoms in total. The van der Waals surface area contributed by atoms with Crippen LogP contribution < -0.4 is 5.48 Å². The lowest BCUT2D eigenvalue weighted by Crippen LogP contribution is -2.11. The molecule has 3 heteroatoms. The molecule has 0 bridgehead atoms. The number of thioether (sulfide) groups is 1. The van der Waals surface area contributed by atoms with E-state index in [-0.39, 0.29) is 0 Å². The Kier molecular flexibility index (Phi) is 4.14. The zero-order valence-corrected chi connectivity index (χ0v) is 8.15. The van der Waals surface area contributed by atoms with Crippen LogP contribution >= 0.6 is 11.8 Å². The van der Waals surface area contributed by atoms with Crippen LogP contribution in [0.5, 0.6) is 0 Å². The van der Waals surface area contributed by atoms with E-state index in [1.165, 1.54) is 10.5 Å². The lowest BCUT2D eigenvalue weighted by molar-refractivity contribution is 0.0862. The van der Waals surface area contributed by atoms with Crippen LogP contribution in [0.25, 0.3) is 0 Å². The van der Waals surface area contributed by atoms with E-state index < -0.39 is 0 Å². The van der Waals surface area contributed by atoms with Gasteiger partial charge in [-0.2, -0.15) is 5.48 Å². The minimum absolute atomic E-state index is 0.757. The molecular formula is C9H13NOS. The Hall–Kier alpha value is -0.510. The fourth-order valence-electron chi connectivity index (χ4n) is 0.999. The highest BCUT2D eigenvalue weighted by molar-refractivity contribution is 7.98. The van der Waals surface area contributed by atoms with E-state index in [9.17, 15) is 0 Å². The van der Waals surface area contributed by atoms with Gasteiger partial charge in [0.1, 0.15) is 0 Å². The number of nitrogens with one attached hydrogen (secondary N) is 1. The summed E-state index contributed by atoms with van der Waals surface area (Å²) in [4.78, 5) is 6.08. The molecule has 0 fully saturated rings. The van der Waals surface area contributed by atoms with Gasteiger partial charge in [0.05, 0.1) is 7.11 Å². The Balaban J connectivity index is 2.68. The summed E-state index contributed by atoms with van der Waals surface area (Å²) < 4.78 is 0. The highest BCUT2D eigenvalue weighted by Crippen LogP contribution is 2.19. The second kappa shape index (κ2) is 5.19. The molecule has 0 radical (unpaired) electrons. The van der Waals surface area contributed by atoms with Gasteiger partial charge in [0.2, 0.25) is 0 Å². The van der Waals surface area contributed by atoms with Crippen LogP contribution in [-0.4, -0.2) is 13.4 Å². The van der Waals surface area contributed by atoms with Gasteiger partial charge in [-0.15, -0.1) is 11.8 Å². The number of benzene rings is 1. The molecule has 1 aromatic rings. The first-order valence-corrected chi connectivity index (χ1v) is 4.98. The second-order valence-corrected chi connectivity index (χ2v) is 3.19. The fourth-order valence-corrected chi connectivity index (χ4v) is 1.62. The highest BCUT2D eigenvalue weighted by atomic mass is 32.2. The first kappa shape index (κ1) is 9.58. The van der Waals surface area contributed by atoms with Gasteiger partial charge in [-0.1, -0.05) is 18.2 Å². The van der Waals surface area contributed by atoms with Crippen LogP contribution in [0.15, 0.2) is 29.2 Å². The maximum absolute atomic E-state index is 4.79. The van der Waals surface area contributed by atoms with Crippen LogP contribution in [0.3, 0.4) is 0 Å². The van der Waals surface area contributed by atoms with Crippen molar-refractivity contribution >= 4 is 11.8 Å². The van der Waals surface area contributed by atoms with Crippen molar-refractivity contribution in [3.05, 3.63) is 29.8 Å². The summed E-state index contributed by atoms with van der Waals surface area (Å²) in [6.07, 6.45) is 2.08. The van der Waals surface area contributed by atoms with Crippen molar-refractivity contribution in [2.24, 2.45) is 0 Å². The third kappa shape index (κ3) is 2.52. The summed E-state index contributed by atoms with van der Waals surface area (Å²) in [6.45, 7) is 0.757. The van der Waals surface area contributed by atoms with Gasteiger partial charge in [-0.05, 0) is 17.9 Å². The van der Waals surface area contributed by atoms with Crippen molar-refractivity contribution in [1.29, 1.82) is 0 Å². The maximum atomic E-state index is 4.79. The Morgan fingerprint density at radius 2 is 2.17 bits per heavy atom. The van der Waals surface area contributed by atoms with E-state index in [0.29, 0.717) is 0 Å². The van der Waals surface area contributed by atoms with Crippen LogP contribution in [0.2, 0.25) is 0 Å². The molecule has 0 heterocycles. The molecule has 0 saturated heterocycles. The van der Waals surface area contributed by atoms with Crippen molar-refractivity contribution in [2.45, 2.75) is 11.4 Å². The first-order valence-electron chi connectivity index (χ1n) is 3.76. The standard InChI is InChI=1S/C9H13NOS/c1-11-10-7-8-5-3-4-6-9(8)12-2/h3-6,10H,7H2,1-2H3. The highest BCUT2D eigenvalue weighted by Gasteiger charge is 1.97. The van der Waals surface area contributed by atoms with Gasteiger partial charge in [0.25, 0.3) is 0 Å². The molecule has 0 spiro atoms. The zero-order valence-electron chi connectivity index (χ0n) is 7.33. The number of hydrogen-bond donors (Lipinski definition) is 1. The van der Waals surface area contributed by atoms with Crippen LogP contribution in [0.4, 0.5) is 0 Å². The topological polar surface area (TPSA) is 21.3 Å². The third-order valence-corrected chi connectivity index (χ3v) is 2.44. The average Bonchev–Trinajstić information content (AvgIpc) is 2.15. The van der Waals surface area contributed by atoms with Crippen molar-refractivity contribution in [3.8, 4) is 0 Å². The molecular weight excluding hydrogens is 170 g/mol. The molecule has 1 N–H and O–H groups in total. The Morgan fingerprint density at radius 3 is 2.83 bits per heavy atom. The van der Waals surface area contributed by atoms with Gasteiger partial charge in [-0.25, -0.2) is 0 Å². The van der Waals surface area contributed by atoms with E-state index in [1.54, 1.807) is 18.9 Å². The van der Waals surface area contributed by atoms with Gasteiger partial charge >= 0.3 is 0 Å². The molecule has 0 aliphatic carbocycles. The van der Waals surface area contributed by atoms with Crippen LogP contribution in [0, 0.1) is 0 Å². The van der Waals surface area contributed by atoms with E-state index in [1.807, 2.05) is 12.1 Å². The molecule has 0 unspecified atom stereocenters. The molecule has 1 rings (SSSR count). The second-order valence-electron chi connectivity index (χ2n) is 2.34. The Bertz CT molecular complexity index is 240. The number of hydroxylamine groups is 1. The van der Waals surface area contributed by atoms with E-state index in [0.717, 1.165) is 6.54 Å². The molecule has 0 atom stereocenters. The summed E-state index contributed by atoms with van der Waals surface area (Å²) in [6, 6.07) is 8.28. The van der Waals surface area contributed by atoms with E-state index in [2.05, 4.69) is 23.9 Å². The van der Waals surface area contributed by atoms with Crippen molar-refractivity contribution in [2.75, 3.05) is 13.4 Å². The lowest BCUT2D eigenvalue weighted by Gasteiger charge is -2.06. The zero-order chi connectivity index (χ0) is 8.81. The van der Waals surface area contributed by atoms with Gasteiger partial charge in [-0.3, -0.25) is 0 Å². The van der Waals surface area contributed by atoms with Gasteiger partial charge < -0.3 is 4.84 Å². The smallest absolute Gasteiger partial charge is 0.0572 e. The monoisotopic (exact) mass is 183 g/mol. The molecule has 0 aromatic heterocycles. The molecule has 66 valence electrons. The summed E-state index contributed by atoms with van der Waals surface area (Å²) in [7, 11) is 1.63. The summed E-state index contributed by atoms with van der Waals surface area (Å²) >= 11 is 1.75. The largest absolute Gasteiger partial charge is 0.305 e. The number of rotatable bonds is 4. The first-order chi connectivity index (χ1) is 5.88.